The molecule has 0 aromatic rings. The van der Waals surface area contributed by atoms with E-state index in [1.807, 2.05) is 0 Å². The topological polar surface area (TPSA) is 95.5 Å². The van der Waals surface area contributed by atoms with Gasteiger partial charge in [-0.2, -0.15) is 11.8 Å². The van der Waals surface area contributed by atoms with Gasteiger partial charge in [-0.25, -0.2) is 0 Å². The summed E-state index contributed by atoms with van der Waals surface area (Å²) in [7, 11) is 0. The van der Waals surface area contributed by atoms with Crippen LogP contribution in [0.25, 0.3) is 0 Å². The number of thioether (sulfide) groups is 1. The maximum Gasteiger partial charge on any atom is 0.303 e. The van der Waals surface area contributed by atoms with Crippen LogP contribution >= 0.6 is 11.8 Å². The minimum atomic E-state index is -0.741. The van der Waals surface area contributed by atoms with Gasteiger partial charge in [0.2, 0.25) is 11.8 Å². The molecule has 2 aliphatic rings. The third-order valence-electron chi connectivity index (χ3n) is 6.22. The highest BCUT2D eigenvalue weighted by Gasteiger charge is 2.47. The Morgan fingerprint density at radius 2 is 1.80 bits per heavy atom. The lowest BCUT2D eigenvalue weighted by Crippen LogP contribution is -2.47. The van der Waals surface area contributed by atoms with Crippen LogP contribution in [0.5, 0.6) is 0 Å². The summed E-state index contributed by atoms with van der Waals surface area (Å²) < 4.78 is 0. The molecule has 7 heteroatoms. The van der Waals surface area contributed by atoms with Gasteiger partial charge >= 0.3 is 5.97 Å². The van der Waals surface area contributed by atoms with Crippen LogP contribution in [0, 0.1) is 11.8 Å². The molecule has 6 nitrogen and oxygen atoms in total. The molecule has 5 atom stereocenters. The standard InChI is InChI=1S/C23H38N2O4S/c1-3-4-7-11-21(26)25-16(2)23(29)24-15-18-17(19-13-14-20(18)30-19)10-8-5-6-9-12-22(27)28/h5,8,16-20H,3-4,6-7,9-15H2,1-2H3,(H,24,29)(H,25,26)(H,27,28)/b8-5-/t16?,17-,18+,19-,20+/m1/s1. The number of rotatable bonds is 14. The fraction of sp³-hybridized carbons (Fsp3) is 0.783. The van der Waals surface area contributed by atoms with E-state index in [9.17, 15) is 14.4 Å². The fourth-order valence-electron chi connectivity index (χ4n) is 4.51. The van der Waals surface area contributed by atoms with Crippen LogP contribution in [-0.2, 0) is 14.4 Å². The Morgan fingerprint density at radius 3 is 2.50 bits per heavy atom. The molecule has 2 saturated heterocycles. The van der Waals surface area contributed by atoms with E-state index in [1.54, 1.807) is 6.92 Å². The van der Waals surface area contributed by atoms with Crippen LogP contribution in [0.3, 0.4) is 0 Å². The third kappa shape index (κ3) is 7.97. The van der Waals surface area contributed by atoms with Gasteiger partial charge in [0.15, 0.2) is 0 Å². The molecule has 2 amide bonds. The molecular weight excluding hydrogens is 400 g/mol. The van der Waals surface area contributed by atoms with Crippen LogP contribution in [0.15, 0.2) is 12.2 Å². The number of carboxylic acid groups (broad SMARTS) is 1. The summed E-state index contributed by atoms with van der Waals surface area (Å²) in [6.45, 7) is 4.52. The maximum absolute atomic E-state index is 12.5. The molecule has 0 aromatic heterocycles. The Kier molecular flexibility index (Phi) is 10.8. The van der Waals surface area contributed by atoms with Gasteiger partial charge in [-0.1, -0.05) is 31.9 Å². The highest BCUT2D eigenvalue weighted by molar-refractivity contribution is 8.01. The van der Waals surface area contributed by atoms with E-state index in [0.29, 0.717) is 41.7 Å². The molecule has 2 aliphatic heterocycles. The van der Waals surface area contributed by atoms with Gasteiger partial charge in [0.25, 0.3) is 0 Å². The number of fused-ring (bicyclic) bond motifs is 2. The Labute approximate surface area is 185 Å². The summed E-state index contributed by atoms with van der Waals surface area (Å²) in [6, 6.07) is -0.502. The van der Waals surface area contributed by atoms with E-state index in [0.717, 1.165) is 32.1 Å². The van der Waals surface area contributed by atoms with Crippen LogP contribution in [0.4, 0.5) is 0 Å². The van der Waals surface area contributed by atoms with Crippen LogP contribution in [0.1, 0.15) is 78.1 Å². The SMILES string of the molecule is CCCCCC(=O)NC(C)C(=O)NC[C@H]1[C@@H](C/C=C\CCCC(=O)O)[C@H]2CC[C@@H]1S2. The minimum Gasteiger partial charge on any atom is -0.481 e. The second-order valence-electron chi connectivity index (χ2n) is 8.60. The van der Waals surface area contributed by atoms with Gasteiger partial charge in [0.1, 0.15) is 6.04 Å². The Morgan fingerprint density at radius 1 is 1.07 bits per heavy atom. The van der Waals surface area contributed by atoms with Crippen molar-refractivity contribution in [2.45, 2.75) is 94.6 Å². The highest BCUT2D eigenvalue weighted by atomic mass is 32.2. The number of hydrogen-bond donors (Lipinski definition) is 3. The quantitative estimate of drug-likeness (QED) is 0.282. The fourth-order valence-corrected chi connectivity index (χ4v) is 6.52. The summed E-state index contributed by atoms with van der Waals surface area (Å²) in [6.07, 6.45) is 12.9. The molecule has 2 bridgehead atoms. The third-order valence-corrected chi connectivity index (χ3v) is 8.09. The van der Waals surface area contributed by atoms with Crippen molar-refractivity contribution in [1.29, 1.82) is 0 Å². The van der Waals surface area contributed by atoms with E-state index in [-0.39, 0.29) is 18.2 Å². The number of hydrogen-bond acceptors (Lipinski definition) is 4. The number of amides is 2. The van der Waals surface area contributed by atoms with E-state index >= 15 is 0 Å². The molecule has 0 radical (unpaired) electrons. The van der Waals surface area contributed by atoms with Crippen LogP contribution < -0.4 is 10.6 Å². The lowest BCUT2D eigenvalue weighted by atomic mass is 9.77. The Hall–Kier alpha value is -1.50. The molecular formula is C23H38N2O4S. The molecule has 0 spiro atoms. The summed E-state index contributed by atoms with van der Waals surface area (Å²) in [5, 5.41) is 15.9. The van der Waals surface area contributed by atoms with Crippen molar-refractivity contribution in [2.24, 2.45) is 11.8 Å². The molecule has 3 N–H and O–H groups in total. The van der Waals surface area contributed by atoms with Crippen molar-refractivity contribution < 1.29 is 19.5 Å². The van der Waals surface area contributed by atoms with Crippen LogP contribution in [-0.4, -0.2) is 46.0 Å². The van der Waals surface area contributed by atoms with Crippen molar-refractivity contribution in [3.05, 3.63) is 12.2 Å². The molecule has 2 fully saturated rings. The van der Waals surface area contributed by atoms with E-state index in [1.165, 1.54) is 12.8 Å². The zero-order chi connectivity index (χ0) is 21.9. The molecule has 30 heavy (non-hydrogen) atoms. The summed E-state index contributed by atoms with van der Waals surface area (Å²) in [5.41, 5.74) is 0. The first kappa shape index (κ1) is 24.8. The van der Waals surface area contributed by atoms with Gasteiger partial charge in [-0.15, -0.1) is 0 Å². The monoisotopic (exact) mass is 438 g/mol. The first-order valence-electron chi connectivity index (χ1n) is 11.5. The first-order chi connectivity index (χ1) is 14.4. The molecule has 1 unspecified atom stereocenters. The number of carboxylic acids is 1. The summed E-state index contributed by atoms with van der Waals surface area (Å²) >= 11 is 2.07. The van der Waals surface area contributed by atoms with Crippen molar-refractivity contribution in [3.63, 3.8) is 0 Å². The van der Waals surface area contributed by atoms with Crippen molar-refractivity contribution in [2.75, 3.05) is 6.54 Å². The van der Waals surface area contributed by atoms with Crippen molar-refractivity contribution in [3.8, 4) is 0 Å². The number of unbranched alkanes of at least 4 members (excludes halogenated alkanes) is 3. The lowest BCUT2D eigenvalue weighted by molar-refractivity contribution is -0.137. The Balaban J connectivity index is 1.74. The van der Waals surface area contributed by atoms with E-state index in [2.05, 4.69) is 41.5 Å². The van der Waals surface area contributed by atoms with Gasteiger partial charge in [0, 0.05) is 29.9 Å². The smallest absolute Gasteiger partial charge is 0.303 e. The normalized spacial score (nSPS) is 26.1. The average molecular weight is 439 g/mol. The lowest BCUT2D eigenvalue weighted by Gasteiger charge is -2.29. The van der Waals surface area contributed by atoms with Crippen molar-refractivity contribution >= 4 is 29.5 Å². The number of allylic oxidation sites excluding steroid dienone is 2. The second-order valence-corrected chi connectivity index (χ2v) is 10.1. The number of carbonyl (C=O) groups is 3. The predicted molar refractivity (Wildman–Crippen MR) is 121 cm³/mol. The first-order valence-corrected chi connectivity index (χ1v) is 12.5. The molecule has 2 heterocycles. The number of aliphatic carboxylic acids is 1. The second kappa shape index (κ2) is 13.0. The predicted octanol–water partition coefficient (Wildman–Crippen LogP) is 3.90. The number of carbonyl (C=O) groups excluding carboxylic acids is 2. The minimum absolute atomic E-state index is 0.0486. The van der Waals surface area contributed by atoms with Crippen molar-refractivity contribution in [1.82, 2.24) is 10.6 Å². The van der Waals surface area contributed by atoms with Gasteiger partial charge in [-0.3, -0.25) is 14.4 Å². The van der Waals surface area contributed by atoms with Gasteiger partial charge in [0.05, 0.1) is 0 Å². The molecule has 0 saturated carbocycles. The zero-order valence-corrected chi connectivity index (χ0v) is 19.2. The summed E-state index contributed by atoms with van der Waals surface area (Å²) in [4.78, 5) is 35.0. The largest absolute Gasteiger partial charge is 0.481 e. The molecule has 0 aromatic carbocycles. The van der Waals surface area contributed by atoms with E-state index in [4.69, 9.17) is 5.11 Å². The van der Waals surface area contributed by atoms with Crippen LogP contribution in [0.2, 0.25) is 0 Å². The maximum atomic E-state index is 12.5. The molecule has 170 valence electrons. The van der Waals surface area contributed by atoms with Gasteiger partial charge < -0.3 is 15.7 Å². The van der Waals surface area contributed by atoms with E-state index < -0.39 is 12.0 Å². The molecule has 2 rings (SSSR count). The van der Waals surface area contributed by atoms with Gasteiger partial charge in [-0.05, 0) is 57.3 Å². The summed E-state index contributed by atoms with van der Waals surface area (Å²) in [5.74, 6) is 0.134. The molecule has 0 aliphatic carbocycles. The zero-order valence-electron chi connectivity index (χ0n) is 18.4. The highest BCUT2D eigenvalue weighted by Crippen LogP contribution is 2.54. The Bertz CT molecular complexity index is 610. The number of nitrogens with one attached hydrogen (secondary N) is 2. The average Bonchev–Trinajstić information content (AvgIpc) is 3.30.